The van der Waals surface area contributed by atoms with Gasteiger partial charge in [-0.15, -0.1) is 0 Å². The number of nitrogens with one attached hydrogen (secondary N) is 2. The predicted molar refractivity (Wildman–Crippen MR) is 122 cm³/mol. The third kappa shape index (κ3) is 4.10. The number of aromatic nitrogens is 4. The van der Waals surface area contributed by atoms with Gasteiger partial charge in [-0.25, -0.2) is 10.2 Å². The maximum Gasteiger partial charge on any atom is 0.329 e. The first kappa shape index (κ1) is 20.9. The van der Waals surface area contributed by atoms with Crippen molar-refractivity contribution in [2.75, 3.05) is 12.0 Å². The minimum atomic E-state index is -0.547. The molecule has 10 nitrogen and oxygen atoms in total. The zero-order chi connectivity index (χ0) is 22.7. The molecule has 3 N–H and O–H groups in total. The van der Waals surface area contributed by atoms with Gasteiger partial charge in [-0.05, 0) is 36.2 Å². The fourth-order valence-corrected chi connectivity index (χ4v) is 3.29. The Balaban J connectivity index is 1.72. The molecule has 0 amide bonds. The summed E-state index contributed by atoms with van der Waals surface area (Å²) < 4.78 is 8.33. The highest BCUT2D eigenvalue weighted by Crippen LogP contribution is 2.26. The Morgan fingerprint density at radius 1 is 1.22 bits per heavy atom. The van der Waals surface area contributed by atoms with Crippen molar-refractivity contribution in [3.63, 3.8) is 0 Å². The van der Waals surface area contributed by atoms with E-state index in [0.717, 1.165) is 5.56 Å². The zero-order valence-corrected chi connectivity index (χ0v) is 17.6. The molecule has 0 aliphatic heterocycles. The van der Waals surface area contributed by atoms with Gasteiger partial charge in [0.15, 0.2) is 22.7 Å². The van der Waals surface area contributed by atoms with Gasteiger partial charge in [-0.3, -0.25) is 18.9 Å². The number of phenolic OH excluding ortho intramolecular Hbond substituents is 1. The minimum Gasteiger partial charge on any atom is -0.504 e. The van der Waals surface area contributed by atoms with Gasteiger partial charge >= 0.3 is 5.69 Å². The molecule has 10 heteroatoms. The number of H-pyrrole nitrogens is 1. The van der Waals surface area contributed by atoms with Gasteiger partial charge in [0.1, 0.15) is 0 Å². The summed E-state index contributed by atoms with van der Waals surface area (Å²) in [5.74, 6) is 0.701. The molecule has 0 aliphatic carbocycles. The molecule has 0 fully saturated rings. The van der Waals surface area contributed by atoms with E-state index in [9.17, 15) is 14.7 Å². The summed E-state index contributed by atoms with van der Waals surface area (Å²) in [5, 5.41) is 14.1. The van der Waals surface area contributed by atoms with E-state index >= 15 is 0 Å². The first-order chi connectivity index (χ1) is 15.5. The molecular formula is C22H22N6O4. The molecule has 164 valence electrons. The maximum atomic E-state index is 12.6. The number of hydrogen-bond acceptors (Lipinski definition) is 7. The average Bonchev–Trinajstić information content (AvgIpc) is 3.14. The van der Waals surface area contributed by atoms with Crippen molar-refractivity contribution in [1.29, 1.82) is 0 Å². The lowest BCUT2D eigenvalue weighted by atomic mass is 10.2. The summed E-state index contributed by atoms with van der Waals surface area (Å²) >= 11 is 0. The normalized spacial score (nSPS) is 11.3. The molecule has 0 spiro atoms. The van der Waals surface area contributed by atoms with Gasteiger partial charge in [-0.2, -0.15) is 10.1 Å². The Labute approximate surface area is 182 Å². The molecule has 0 aliphatic rings. The first-order valence-corrected chi connectivity index (χ1v) is 9.96. The summed E-state index contributed by atoms with van der Waals surface area (Å²) in [4.78, 5) is 31.3. The quantitative estimate of drug-likeness (QED) is 0.302. The monoisotopic (exact) mass is 434 g/mol. The Bertz CT molecular complexity index is 1400. The predicted octanol–water partition coefficient (Wildman–Crippen LogP) is 2.02. The number of aromatic hydroxyl groups is 1. The Kier molecular flexibility index (Phi) is 5.75. The number of anilines is 1. The van der Waals surface area contributed by atoms with Gasteiger partial charge in [0.05, 0.1) is 19.4 Å². The molecule has 4 aromatic rings. The Morgan fingerprint density at radius 2 is 2.00 bits per heavy atom. The highest BCUT2D eigenvalue weighted by atomic mass is 16.5. The van der Waals surface area contributed by atoms with Crippen LogP contribution in [0.5, 0.6) is 11.5 Å². The van der Waals surface area contributed by atoms with Crippen molar-refractivity contribution < 1.29 is 9.84 Å². The number of ether oxygens (including phenoxy) is 1. The van der Waals surface area contributed by atoms with Crippen LogP contribution in [0.3, 0.4) is 0 Å². The zero-order valence-electron chi connectivity index (χ0n) is 17.6. The Hall–Kier alpha value is -4.34. The summed E-state index contributed by atoms with van der Waals surface area (Å²) in [6.07, 6.45) is 1.54. The minimum absolute atomic E-state index is 0.0433. The molecule has 0 atom stereocenters. The van der Waals surface area contributed by atoms with Crippen LogP contribution in [0, 0.1) is 0 Å². The standard InChI is InChI=1S/C22H22N6O4/c1-3-32-17-11-15(9-10-16(17)29)12-23-26-21-24-19-18(20(30)25-22(31)27(19)2)28(21)13-14-7-5-4-6-8-14/h4-12,29H,3,13H2,1-2H3,(H,24,26)(H,25,30,31). The first-order valence-electron chi connectivity index (χ1n) is 9.96. The summed E-state index contributed by atoms with van der Waals surface area (Å²) in [6.45, 7) is 2.60. The summed E-state index contributed by atoms with van der Waals surface area (Å²) in [6, 6.07) is 14.4. The van der Waals surface area contributed by atoms with Crippen LogP contribution in [0.2, 0.25) is 0 Å². The van der Waals surface area contributed by atoms with E-state index in [1.165, 1.54) is 16.8 Å². The number of imidazole rings is 1. The van der Waals surface area contributed by atoms with Crippen LogP contribution in [0.4, 0.5) is 5.95 Å². The topological polar surface area (TPSA) is 127 Å². The molecule has 0 bridgehead atoms. The molecule has 2 aromatic carbocycles. The second-order valence-electron chi connectivity index (χ2n) is 7.03. The van der Waals surface area contributed by atoms with Crippen LogP contribution >= 0.6 is 0 Å². The van der Waals surface area contributed by atoms with Crippen molar-refractivity contribution in [3.05, 3.63) is 80.5 Å². The number of fused-ring (bicyclic) bond motifs is 1. The SMILES string of the molecule is CCOc1cc(C=NNc2nc3c(c(=O)[nH]c(=O)n3C)n2Cc2ccccc2)ccc1O. The van der Waals surface area contributed by atoms with Crippen LogP contribution in [0.1, 0.15) is 18.1 Å². The third-order valence-electron chi connectivity index (χ3n) is 4.85. The van der Waals surface area contributed by atoms with E-state index in [0.29, 0.717) is 30.4 Å². The van der Waals surface area contributed by atoms with Crippen molar-refractivity contribution in [2.24, 2.45) is 12.1 Å². The molecule has 0 saturated heterocycles. The lowest BCUT2D eigenvalue weighted by molar-refractivity contribution is 0.318. The molecular weight excluding hydrogens is 412 g/mol. The number of rotatable bonds is 7. The van der Waals surface area contributed by atoms with Crippen LogP contribution in [-0.4, -0.2) is 37.0 Å². The fourth-order valence-electron chi connectivity index (χ4n) is 3.29. The highest BCUT2D eigenvalue weighted by Gasteiger charge is 2.17. The maximum absolute atomic E-state index is 12.6. The number of hydrazone groups is 1. The van der Waals surface area contributed by atoms with E-state index in [1.54, 1.807) is 23.7 Å². The molecule has 0 radical (unpaired) electrons. The van der Waals surface area contributed by atoms with Gasteiger partial charge in [0, 0.05) is 7.05 Å². The smallest absolute Gasteiger partial charge is 0.329 e. The van der Waals surface area contributed by atoms with E-state index < -0.39 is 11.2 Å². The fraction of sp³-hybridized carbons (Fsp3) is 0.182. The van der Waals surface area contributed by atoms with Crippen molar-refractivity contribution >= 4 is 23.3 Å². The van der Waals surface area contributed by atoms with Crippen molar-refractivity contribution in [2.45, 2.75) is 13.5 Å². The Morgan fingerprint density at radius 3 is 2.75 bits per heavy atom. The third-order valence-corrected chi connectivity index (χ3v) is 4.85. The van der Waals surface area contributed by atoms with Crippen molar-refractivity contribution in [1.82, 2.24) is 19.1 Å². The number of aromatic amines is 1. The van der Waals surface area contributed by atoms with E-state index in [1.807, 2.05) is 37.3 Å². The van der Waals surface area contributed by atoms with Crippen LogP contribution in [0.15, 0.2) is 63.2 Å². The van der Waals surface area contributed by atoms with Crippen LogP contribution in [-0.2, 0) is 13.6 Å². The largest absolute Gasteiger partial charge is 0.504 e. The van der Waals surface area contributed by atoms with E-state index in [4.69, 9.17) is 4.74 Å². The second kappa shape index (κ2) is 8.80. The average molecular weight is 434 g/mol. The molecule has 2 heterocycles. The summed E-state index contributed by atoms with van der Waals surface area (Å²) in [5.41, 5.74) is 3.94. The summed E-state index contributed by atoms with van der Waals surface area (Å²) in [7, 11) is 1.54. The second-order valence-corrected chi connectivity index (χ2v) is 7.03. The van der Waals surface area contributed by atoms with Crippen LogP contribution < -0.4 is 21.4 Å². The number of phenols is 1. The number of benzene rings is 2. The molecule has 4 rings (SSSR count). The van der Waals surface area contributed by atoms with E-state index in [2.05, 4.69) is 20.5 Å². The molecule has 0 saturated carbocycles. The molecule has 32 heavy (non-hydrogen) atoms. The van der Waals surface area contributed by atoms with Crippen LogP contribution in [0.25, 0.3) is 11.2 Å². The van der Waals surface area contributed by atoms with E-state index in [-0.39, 0.29) is 16.9 Å². The lowest BCUT2D eigenvalue weighted by Crippen LogP contribution is -2.29. The molecule has 0 unspecified atom stereocenters. The number of hydrogen-bond donors (Lipinski definition) is 3. The van der Waals surface area contributed by atoms with Gasteiger partial charge < -0.3 is 9.84 Å². The van der Waals surface area contributed by atoms with Gasteiger partial charge in [0.2, 0.25) is 5.95 Å². The lowest BCUT2D eigenvalue weighted by Gasteiger charge is -2.08. The number of aryl methyl sites for hydroxylation is 1. The molecule has 2 aromatic heterocycles. The van der Waals surface area contributed by atoms with Gasteiger partial charge in [0.25, 0.3) is 5.56 Å². The highest BCUT2D eigenvalue weighted by molar-refractivity contribution is 5.81. The number of nitrogens with zero attached hydrogens (tertiary/aromatic N) is 4. The van der Waals surface area contributed by atoms with Gasteiger partial charge in [-0.1, -0.05) is 30.3 Å². The van der Waals surface area contributed by atoms with Crippen molar-refractivity contribution in [3.8, 4) is 11.5 Å².